The van der Waals surface area contributed by atoms with E-state index in [2.05, 4.69) is 46.1 Å². The van der Waals surface area contributed by atoms with Gasteiger partial charge in [0.05, 0.1) is 6.33 Å². The van der Waals surface area contributed by atoms with Crippen LogP contribution in [0.3, 0.4) is 0 Å². The number of imidazole rings is 1. The van der Waals surface area contributed by atoms with Crippen LogP contribution in [-0.4, -0.2) is 60.0 Å². The summed E-state index contributed by atoms with van der Waals surface area (Å²) in [7, 11) is 4.34. The van der Waals surface area contributed by atoms with Crippen molar-refractivity contribution in [2.45, 2.75) is 58.0 Å². The van der Waals surface area contributed by atoms with Crippen LogP contribution >= 0.6 is 11.6 Å². The van der Waals surface area contributed by atoms with Gasteiger partial charge in [-0.15, -0.1) is 0 Å². The normalized spacial score (nSPS) is 19.1. The highest BCUT2D eigenvalue weighted by Crippen LogP contribution is 2.34. The molecule has 1 saturated carbocycles. The Kier molecular flexibility index (Phi) is 7.78. The van der Waals surface area contributed by atoms with Crippen molar-refractivity contribution in [2.24, 2.45) is 0 Å². The van der Waals surface area contributed by atoms with Gasteiger partial charge in [-0.25, -0.2) is 4.98 Å². The van der Waals surface area contributed by atoms with Crippen molar-refractivity contribution in [3.05, 3.63) is 46.5 Å². The number of nitrogens with one attached hydrogen (secondary N) is 2. The summed E-state index contributed by atoms with van der Waals surface area (Å²) in [5.41, 5.74) is 3.74. The van der Waals surface area contributed by atoms with E-state index in [1.54, 1.807) is 18.6 Å². The Morgan fingerprint density at radius 3 is 2.53 bits per heavy atom. The Hall–Kier alpha value is -2.05. The monoisotopic (exact) mass is 431 g/mol. The zero-order chi connectivity index (χ0) is 21.7. The summed E-state index contributed by atoms with van der Waals surface area (Å²) < 4.78 is 0. The van der Waals surface area contributed by atoms with E-state index >= 15 is 0 Å². The van der Waals surface area contributed by atoms with Crippen LogP contribution < -0.4 is 10.2 Å². The minimum Gasteiger partial charge on any atom is -0.369 e. The van der Waals surface area contributed by atoms with Gasteiger partial charge < -0.3 is 20.1 Å². The molecular formula is C23H34ClN5O. The first-order valence-electron chi connectivity index (χ1n) is 10.9. The lowest BCUT2D eigenvalue weighted by Crippen LogP contribution is -2.42. The standard InChI is InChI=1S/C23H34ClN5O/c1-5-29(20-8-6-19(7-9-20)28(3)4)22-13-17(24)12-21(16(22)2)23(30)26-11-10-18-14-25-15-27-18/h12-15,19-20H,5-11H2,1-4H3,(H,25,27)(H,26,30). The highest BCUT2D eigenvalue weighted by Gasteiger charge is 2.28. The maximum absolute atomic E-state index is 12.9. The molecule has 1 aromatic heterocycles. The molecule has 0 atom stereocenters. The molecule has 1 heterocycles. The predicted molar refractivity (Wildman–Crippen MR) is 124 cm³/mol. The molecule has 0 unspecified atom stereocenters. The molecule has 30 heavy (non-hydrogen) atoms. The van der Waals surface area contributed by atoms with Crippen LogP contribution in [0.5, 0.6) is 0 Å². The zero-order valence-corrected chi connectivity index (χ0v) is 19.3. The van der Waals surface area contributed by atoms with E-state index in [-0.39, 0.29) is 5.91 Å². The molecule has 3 rings (SSSR count). The first kappa shape index (κ1) is 22.6. The summed E-state index contributed by atoms with van der Waals surface area (Å²) in [6.07, 6.45) is 8.87. The van der Waals surface area contributed by atoms with Crippen LogP contribution in [0.2, 0.25) is 5.02 Å². The molecule has 1 aromatic carbocycles. The number of carbonyl (C=O) groups excluding carboxylic acids is 1. The highest BCUT2D eigenvalue weighted by atomic mass is 35.5. The maximum atomic E-state index is 12.9. The number of rotatable bonds is 8. The quantitative estimate of drug-likeness (QED) is 0.662. The molecule has 1 aliphatic rings. The van der Waals surface area contributed by atoms with Gasteiger partial charge >= 0.3 is 0 Å². The summed E-state index contributed by atoms with van der Waals surface area (Å²) in [5, 5.41) is 3.62. The largest absolute Gasteiger partial charge is 0.369 e. The second-order valence-corrected chi connectivity index (χ2v) is 8.83. The van der Waals surface area contributed by atoms with Gasteiger partial charge in [-0.1, -0.05) is 11.6 Å². The van der Waals surface area contributed by atoms with Crippen molar-refractivity contribution in [2.75, 3.05) is 32.1 Å². The molecule has 0 aliphatic heterocycles. The molecule has 164 valence electrons. The summed E-state index contributed by atoms with van der Waals surface area (Å²) in [6, 6.07) is 4.94. The number of hydrogen-bond donors (Lipinski definition) is 2. The number of halogens is 1. The lowest BCUT2D eigenvalue weighted by molar-refractivity contribution is 0.0953. The van der Waals surface area contributed by atoms with Gasteiger partial charge in [-0.2, -0.15) is 0 Å². The smallest absolute Gasteiger partial charge is 0.251 e. The van der Waals surface area contributed by atoms with Gasteiger partial charge in [0.2, 0.25) is 0 Å². The summed E-state index contributed by atoms with van der Waals surface area (Å²) >= 11 is 6.46. The predicted octanol–water partition coefficient (Wildman–Crippen LogP) is 4.04. The summed E-state index contributed by atoms with van der Waals surface area (Å²) in [5.74, 6) is -0.0804. The molecule has 6 nitrogen and oxygen atoms in total. The fourth-order valence-electron chi connectivity index (χ4n) is 4.54. The Bertz CT molecular complexity index is 828. The van der Waals surface area contributed by atoms with E-state index in [9.17, 15) is 4.79 Å². The second-order valence-electron chi connectivity index (χ2n) is 8.39. The number of amides is 1. The van der Waals surface area contributed by atoms with Crippen LogP contribution in [0.15, 0.2) is 24.7 Å². The molecule has 1 fully saturated rings. The van der Waals surface area contributed by atoms with Crippen molar-refractivity contribution in [1.82, 2.24) is 20.2 Å². The summed E-state index contributed by atoms with van der Waals surface area (Å²) in [4.78, 5) is 24.7. The number of aromatic amines is 1. The lowest BCUT2D eigenvalue weighted by Gasteiger charge is -2.40. The van der Waals surface area contributed by atoms with Gasteiger partial charge in [-0.05, 0) is 71.3 Å². The van der Waals surface area contributed by atoms with Crippen LogP contribution in [0.4, 0.5) is 5.69 Å². The third-order valence-corrected chi connectivity index (χ3v) is 6.53. The number of aromatic nitrogens is 2. The number of anilines is 1. The molecule has 7 heteroatoms. The maximum Gasteiger partial charge on any atom is 0.251 e. The molecule has 2 N–H and O–H groups in total. The Morgan fingerprint density at radius 1 is 1.23 bits per heavy atom. The van der Waals surface area contributed by atoms with Crippen molar-refractivity contribution in [1.29, 1.82) is 0 Å². The van der Waals surface area contributed by atoms with Crippen molar-refractivity contribution < 1.29 is 4.79 Å². The van der Waals surface area contributed by atoms with Crippen molar-refractivity contribution in [3.8, 4) is 0 Å². The van der Waals surface area contributed by atoms with E-state index in [0.29, 0.717) is 35.6 Å². The topological polar surface area (TPSA) is 64.3 Å². The van der Waals surface area contributed by atoms with Gasteiger partial charge in [0, 0.05) is 59.8 Å². The van der Waals surface area contributed by atoms with E-state index < -0.39 is 0 Å². The minimum atomic E-state index is -0.0804. The van der Waals surface area contributed by atoms with Crippen LogP contribution in [0, 0.1) is 6.92 Å². The number of benzene rings is 1. The fourth-order valence-corrected chi connectivity index (χ4v) is 4.75. The van der Waals surface area contributed by atoms with Gasteiger partial charge in [0.15, 0.2) is 0 Å². The van der Waals surface area contributed by atoms with Gasteiger partial charge in [0.25, 0.3) is 5.91 Å². The molecule has 2 aromatic rings. The molecule has 0 bridgehead atoms. The first-order chi connectivity index (χ1) is 14.4. The van der Waals surface area contributed by atoms with E-state index in [0.717, 1.165) is 36.3 Å². The summed E-state index contributed by atoms with van der Waals surface area (Å²) in [6.45, 7) is 5.67. The third-order valence-electron chi connectivity index (χ3n) is 6.31. The minimum absolute atomic E-state index is 0.0804. The van der Waals surface area contributed by atoms with Crippen LogP contribution in [0.25, 0.3) is 0 Å². The Morgan fingerprint density at radius 2 is 1.93 bits per heavy atom. The average molecular weight is 432 g/mol. The number of carbonyl (C=O) groups is 1. The van der Waals surface area contributed by atoms with Crippen molar-refractivity contribution >= 4 is 23.2 Å². The van der Waals surface area contributed by atoms with Gasteiger partial charge in [0.1, 0.15) is 0 Å². The highest BCUT2D eigenvalue weighted by molar-refractivity contribution is 6.31. The molecule has 0 spiro atoms. The van der Waals surface area contributed by atoms with Crippen molar-refractivity contribution in [3.63, 3.8) is 0 Å². The zero-order valence-electron chi connectivity index (χ0n) is 18.5. The molecule has 1 amide bonds. The first-order valence-corrected chi connectivity index (χ1v) is 11.3. The SMILES string of the molecule is CCN(c1cc(Cl)cc(C(=O)NCCc2cnc[nH]2)c1C)C1CCC(N(C)C)CC1. The van der Waals surface area contributed by atoms with Gasteiger partial charge in [-0.3, -0.25) is 4.79 Å². The average Bonchev–Trinajstić information content (AvgIpc) is 3.24. The third kappa shape index (κ3) is 5.35. The lowest BCUT2D eigenvalue weighted by atomic mass is 9.89. The molecule has 0 radical (unpaired) electrons. The number of hydrogen-bond acceptors (Lipinski definition) is 4. The van der Waals surface area contributed by atoms with E-state index in [4.69, 9.17) is 11.6 Å². The Labute approximate surface area is 185 Å². The van der Waals surface area contributed by atoms with E-state index in [1.165, 1.54) is 12.8 Å². The van der Waals surface area contributed by atoms with Crippen LogP contribution in [0.1, 0.15) is 54.2 Å². The molecule has 0 saturated heterocycles. The van der Waals surface area contributed by atoms with E-state index in [1.807, 2.05) is 13.0 Å². The molecule has 1 aliphatic carbocycles. The fraction of sp³-hybridized carbons (Fsp3) is 0.565. The Balaban J connectivity index is 1.73. The molecular weight excluding hydrogens is 398 g/mol. The second kappa shape index (κ2) is 10.3. The number of nitrogens with zero attached hydrogens (tertiary/aromatic N) is 3. The number of H-pyrrole nitrogens is 1. The van der Waals surface area contributed by atoms with Crippen LogP contribution in [-0.2, 0) is 6.42 Å².